The monoisotopic (exact) mass is 234 g/mol. The van der Waals surface area contributed by atoms with Crippen LogP contribution in [0.25, 0.3) is 11.3 Å². The lowest BCUT2D eigenvalue weighted by molar-refractivity contribution is 0.0697. The second-order valence-electron chi connectivity index (χ2n) is 3.82. The van der Waals surface area contributed by atoms with Crippen molar-refractivity contribution in [1.29, 1.82) is 0 Å². The van der Waals surface area contributed by atoms with Crippen molar-refractivity contribution in [2.24, 2.45) is 7.05 Å². The van der Waals surface area contributed by atoms with Crippen LogP contribution in [0.4, 0.5) is 4.39 Å². The molecule has 0 amide bonds. The predicted octanol–water partition coefficient (Wildman–Crippen LogP) is 2.23. The number of halogens is 1. The summed E-state index contributed by atoms with van der Waals surface area (Å²) in [7, 11) is 1.58. The van der Waals surface area contributed by atoms with Gasteiger partial charge in [0.15, 0.2) is 0 Å². The van der Waals surface area contributed by atoms with Crippen LogP contribution in [0.1, 0.15) is 15.9 Å². The maximum Gasteiger partial charge on any atom is 0.339 e. The van der Waals surface area contributed by atoms with E-state index in [1.165, 1.54) is 16.9 Å². The molecule has 0 saturated heterocycles. The number of carbonyl (C=O) groups is 1. The van der Waals surface area contributed by atoms with E-state index in [1.807, 2.05) is 0 Å². The summed E-state index contributed by atoms with van der Waals surface area (Å²) in [4.78, 5) is 11.0. The minimum absolute atomic E-state index is 0.00440. The minimum Gasteiger partial charge on any atom is -0.478 e. The summed E-state index contributed by atoms with van der Waals surface area (Å²) in [5.74, 6) is -1.57. The van der Waals surface area contributed by atoms with E-state index in [1.54, 1.807) is 26.1 Å². The number of aromatic carboxylic acids is 1. The van der Waals surface area contributed by atoms with Gasteiger partial charge in [-0.3, -0.25) is 4.68 Å². The molecule has 1 N–H and O–H groups in total. The second kappa shape index (κ2) is 4.01. The minimum atomic E-state index is -1.12. The molecule has 0 unspecified atom stereocenters. The van der Waals surface area contributed by atoms with E-state index in [2.05, 4.69) is 5.10 Å². The molecule has 0 bridgehead atoms. The number of nitrogens with zero attached hydrogens (tertiary/aromatic N) is 2. The molecule has 0 fully saturated rings. The van der Waals surface area contributed by atoms with E-state index < -0.39 is 11.8 Å². The largest absolute Gasteiger partial charge is 0.478 e. The first-order valence-electron chi connectivity index (χ1n) is 5.02. The molecule has 17 heavy (non-hydrogen) atoms. The van der Waals surface area contributed by atoms with E-state index in [0.717, 1.165) is 5.56 Å². The molecule has 2 rings (SSSR count). The summed E-state index contributed by atoms with van der Waals surface area (Å²) in [6.45, 7) is 1.77. The zero-order chi connectivity index (χ0) is 12.6. The Labute approximate surface area is 97.3 Å². The highest BCUT2D eigenvalue weighted by molar-refractivity contribution is 5.94. The smallest absolute Gasteiger partial charge is 0.339 e. The van der Waals surface area contributed by atoms with Gasteiger partial charge in [0.25, 0.3) is 0 Å². The Morgan fingerprint density at radius 2 is 2.18 bits per heavy atom. The highest BCUT2D eigenvalue weighted by Gasteiger charge is 2.19. The molecule has 0 spiro atoms. The molecule has 0 atom stereocenters. The van der Waals surface area contributed by atoms with Gasteiger partial charge in [0.2, 0.25) is 0 Å². The third-order valence-corrected chi connectivity index (χ3v) is 2.55. The summed E-state index contributed by atoms with van der Waals surface area (Å²) in [6.07, 6.45) is 1.22. The second-order valence-corrected chi connectivity index (χ2v) is 3.82. The Kier molecular flexibility index (Phi) is 2.67. The fraction of sp³-hybridized carbons (Fsp3) is 0.167. The van der Waals surface area contributed by atoms with Gasteiger partial charge in [0.05, 0.1) is 11.9 Å². The van der Waals surface area contributed by atoms with Crippen LogP contribution in [0.15, 0.2) is 24.4 Å². The molecule has 1 heterocycles. The van der Waals surface area contributed by atoms with Crippen LogP contribution in [-0.2, 0) is 7.05 Å². The lowest BCUT2D eigenvalue weighted by Gasteiger charge is -2.06. The fourth-order valence-electron chi connectivity index (χ4n) is 1.73. The first kappa shape index (κ1) is 11.3. The van der Waals surface area contributed by atoms with Crippen LogP contribution in [0.2, 0.25) is 0 Å². The quantitative estimate of drug-likeness (QED) is 0.866. The SMILES string of the molecule is Cc1ccc(-c2c(C(=O)O)cnn2C)c(F)c1. The highest BCUT2D eigenvalue weighted by Crippen LogP contribution is 2.26. The van der Waals surface area contributed by atoms with Gasteiger partial charge < -0.3 is 5.11 Å². The Morgan fingerprint density at radius 3 is 2.76 bits per heavy atom. The number of rotatable bonds is 2. The van der Waals surface area contributed by atoms with Crippen LogP contribution in [-0.4, -0.2) is 20.9 Å². The first-order chi connectivity index (χ1) is 8.00. The molecule has 2 aromatic rings. The van der Waals surface area contributed by atoms with Crippen LogP contribution >= 0.6 is 0 Å². The summed E-state index contributed by atoms with van der Waals surface area (Å²) < 4.78 is 15.2. The number of carboxylic acids is 1. The van der Waals surface area contributed by atoms with Crippen LogP contribution in [0, 0.1) is 12.7 Å². The number of hydrogen-bond donors (Lipinski definition) is 1. The number of aryl methyl sites for hydroxylation is 2. The van der Waals surface area contributed by atoms with Crippen LogP contribution < -0.4 is 0 Å². The van der Waals surface area contributed by atoms with E-state index >= 15 is 0 Å². The average molecular weight is 234 g/mol. The predicted molar refractivity (Wildman–Crippen MR) is 60.3 cm³/mol. The highest BCUT2D eigenvalue weighted by atomic mass is 19.1. The van der Waals surface area contributed by atoms with Crippen molar-refractivity contribution in [3.8, 4) is 11.3 Å². The maximum absolute atomic E-state index is 13.8. The van der Waals surface area contributed by atoms with Crippen molar-refractivity contribution in [1.82, 2.24) is 9.78 Å². The van der Waals surface area contributed by atoms with Gasteiger partial charge in [-0.2, -0.15) is 5.10 Å². The summed E-state index contributed by atoms with van der Waals surface area (Å²) in [6, 6.07) is 4.67. The van der Waals surface area contributed by atoms with Gasteiger partial charge in [-0.1, -0.05) is 6.07 Å². The molecular weight excluding hydrogens is 223 g/mol. The van der Waals surface area contributed by atoms with Gasteiger partial charge in [-0.25, -0.2) is 9.18 Å². The summed E-state index contributed by atoms with van der Waals surface area (Å²) >= 11 is 0. The fourth-order valence-corrected chi connectivity index (χ4v) is 1.73. The molecule has 0 aliphatic rings. The zero-order valence-corrected chi connectivity index (χ0v) is 9.44. The van der Waals surface area contributed by atoms with Gasteiger partial charge in [-0.15, -0.1) is 0 Å². The standard InChI is InChI=1S/C12H11FN2O2/c1-7-3-4-8(10(13)5-7)11-9(12(16)17)6-14-15(11)2/h3-6H,1-2H3,(H,16,17). The summed E-state index contributed by atoms with van der Waals surface area (Å²) in [5, 5.41) is 12.9. The van der Waals surface area contributed by atoms with Crippen molar-refractivity contribution >= 4 is 5.97 Å². The van der Waals surface area contributed by atoms with Crippen molar-refractivity contribution in [2.45, 2.75) is 6.92 Å². The molecule has 0 aliphatic heterocycles. The Morgan fingerprint density at radius 1 is 1.47 bits per heavy atom. The first-order valence-corrected chi connectivity index (χ1v) is 5.02. The molecule has 4 nitrogen and oxygen atoms in total. The lowest BCUT2D eigenvalue weighted by Crippen LogP contribution is -2.02. The van der Waals surface area contributed by atoms with Gasteiger partial charge >= 0.3 is 5.97 Å². The van der Waals surface area contributed by atoms with Gasteiger partial charge in [-0.05, 0) is 24.6 Å². The Balaban J connectivity index is 2.67. The number of hydrogen-bond acceptors (Lipinski definition) is 2. The summed E-state index contributed by atoms with van der Waals surface area (Å²) in [5.41, 5.74) is 1.29. The number of carboxylic acid groups (broad SMARTS) is 1. The maximum atomic E-state index is 13.8. The lowest BCUT2D eigenvalue weighted by atomic mass is 10.1. The number of aromatic nitrogens is 2. The van der Waals surface area contributed by atoms with Crippen LogP contribution in [0.5, 0.6) is 0 Å². The van der Waals surface area contributed by atoms with Crippen molar-refractivity contribution in [2.75, 3.05) is 0 Å². The van der Waals surface area contributed by atoms with Gasteiger partial charge in [0, 0.05) is 12.6 Å². The van der Waals surface area contributed by atoms with Crippen molar-refractivity contribution in [3.05, 3.63) is 41.3 Å². The molecule has 1 aromatic carbocycles. The van der Waals surface area contributed by atoms with E-state index in [4.69, 9.17) is 5.11 Å². The van der Waals surface area contributed by atoms with E-state index in [9.17, 15) is 9.18 Å². The normalized spacial score (nSPS) is 10.5. The van der Waals surface area contributed by atoms with E-state index in [0.29, 0.717) is 0 Å². The van der Waals surface area contributed by atoms with Crippen LogP contribution in [0.3, 0.4) is 0 Å². The Bertz CT molecular complexity index is 590. The topological polar surface area (TPSA) is 55.1 Å². The molecule has 0 saturated carbocycles. The van der Waals surface area contributed by atoms with Crippen molar-refractivity contribution in [3.63, 3.8) is 0 Å². The molecule has 0 aliphatic carbocycles. The Hall–Kier alpha value is -2.17. The third kappa shape index (κ3) is 1.91. The van der Waals surface area contributed by atoms with E-state index in [-0.39, 0.29) is 16.8 Å². The zero-order valence-electron chi connectivity index (χ0n) is 9.44. The number of benzene rings is 1. The average Bonchev–Trinajstić information content (AvgIpc) is 2.60. The molecule has 88 valence electrons. The molecule has 1 aromatic heterocycles. The third-order valence-electron chi connectivity index (χ3n) is 2.55. The molecule has 5 heteroatoms. The molecular formula is C12H11FN2O2. The van der Waals surface area contributed by atoms with Crippen molar-refractivity contribution < 1.29 is 14.3 Å². The molecule has 0 radical (unpaired) electrons. The van der Waals surface area contributed by atoms with Gasteiger partial charge in [0.1, 0.15) is 11.4 Å².